The van der Waals surface area contributed by atoms with Gasteiger partial charge in [-0.1, -0.05) is 32.6 Å². The smallest absolute Gasteiger partial charge is 0.162 e. The number of halogens is 1. The molecule has 94 valence electrons. The SMILES string of the molecule is CCCCCCCC(=O)c1ccc(N)c(Br)c1. The number of unbranched alkanes of at least 4 members (excludes halogenated alkanes) is 4. The molecule has 0 aromatic heterocycles. The first kappa shape index (κ1) is 14.2. The molecule has 3 heteroatoms. The van der Waals surface area contributed by atoms with E-state index in [9.17, 15) is 4.79 Å². The minimum absolute atomic E-state index is 0.210. The van der Waals surface area contributed by atoms with E-state index < -0.39 is 0 Å². The molecular weight excluding hydrogens is 278 g/mol. The Labute approximate surface area is 112 Å². The number of rotatable bonds is 7. The zero-order chi connectivity index (χ0) is 12.7. The fourth-order valence-corrected chi connectivity index (χ4v) is 2.11. The fourth-order valence-electron chi connectivity index (χ4n) is 1.73. The van der Waals surface area contributed by atoms with E-state index in [4.69, 9.17) is 5.73 Å². The Morgan fingerprint density at radius 2 is 1.94 bits per heavy atom. The van der Waals surface area contributed by atoms with Crippen molar-refractivity contribution in [1.29, 1.82) is 0 Å². The second kappa shape index (κ2) is 7.49. The van der Waals surface area contributed by atoms with Crippen LogP contribution in [-0.4, -0.2) is 5.78 Å². The Balaban J connectivity index is 2.39. The molecule has 0 heterocycles. The van der Waals surface area contributed by atoms with Gasteiger partial charge in [-0.15, -0.1) is 0 Å². The average molecular weight is 298 g/mol. The van der Waals surface area contributed by atoms with Gasteiger partial charge in [-0.2, -0.15) is 0 Å². The topological polar surface area (TPSA) is 43.1 Å². The monoisotopic (exact) mass is 297 g/mol. The van der Waals surface area contributed by atoms with Crippen molar-refractivity contribution in [3.05, 3.63) is 28.2 Å². The van der Waals surface area contributed by atoms with Gasteiger partial charge in [0.25, 0.3) is 0 Å². The van der Waals surface area contributed by atoms with Crippen molar-refractivity contribution in [2.24, 2.45) is 0 Å². The summed E-state index contributed by atoms with van der Waals surface area (Å²) < 4.78 is 0.800. The lowest BCUT2D eigenvalue weighted by Gasteiger charge is -2.03. The molecule has 0 aliphatic carbocycles. The summed E-state index contributed by atoms with van der Waals surface area (Å²) in [5.41, 5.74) is 7.11. The number of hydrogen-bond acceptors (Lipinski definition) is 2. The van der Waals surface area contributed by atoms with Gasteiger partial charge in [-0.3, -0.25) is 4.79 Å². The summed E-state index contributed by atoms with van der Waals surface area (Å²) in [6.45, 7) is 2.19. The highest BCUT2D eigenvalue weighted by molar-refractivity contribution is 9.10. The Morgan fingerprint density at radius 3 is 2.59 bits per heavy atom. The molecule has 2 N–H and O–H groups in total. The molecule has 0 aliphatic heterocycles. The molecule has 0 bridgehead atoms. The van der Waals surface area contributed by atoms with Gasteiger partial charge in [-0.25, -0.2) is 0 Å². The lowest BCUT2D eigenvalue weighted by Crippen LogP contribution is -2.00. The number of nitrogen functional groups attached to an aromatic ring is 1. The quantitative estimate of drug-likeness (QED) is 0.455. The van der Waals surface area contributed by atoms with E-state index in [1.54, 1.807) is 12.1 Å². The summed E-state index contributed by atoms with van der Waals surface area (Å²) in [5.74, 6) is 0.210. The lowest BCUT2D eigenvalue weighted by molar-refractivity contribution is 0.0979. The summed E-state index contributed by atoms with van der Waals surface area (Å²) in [4.78, 5) is 11.9. The van der Waals surface area contributed by atoms with Crippen molar-refractivity contribution in [3.63, 3.8) is 0 Å². The molecule has 1 aromatic rings. The zero-order valence-electron chi connectivity index (χ0n) is 10.3. The van der Waals surface area contributed by atoms with Crippen LogP contribution in [0.5, 0.6) is 0 Å². The van der Waals surface area contributed by atoms with Crippen molar-refractivity contribution in [1.82, 2.24) is 0 Å². The highest BCUT2D eigenvalue weighted by Crippen LogP contribution is 2.21. The normalized spacial score (nSPS) is 10.5. The van der Waals surface area contributed by atoms with Crippen LogP contribution in [0.2, 0.25) is 0 Å². The number of Topliss-reactive ketones (excluding diaryl/α,β-unsaturated/α-hetero) is 1. The number of hydrogen-bond donors (Lipinski definition) is 1. The fraction of sp³-hybridized carbons (Fsp3) is 0.500. The molecule has 0 atom stereocenters. The summed E-state index contributed by atoms with van der Waals surface area (Å²) in [6, 6.07) is 5.38. The molecule has 0 fully saturated rings. The van der Waals surface area contributed by atoms with Gasteiger partial charge in [0.05, 0.1) is 0 Å². The van der Waals surface area contributed by atoms with E-state index in [1.807, 2.05) is 6.07 Å². The van der Waals surface area contributed by atoms with Crippen molar-refractivity contribution >= 4 is 27.4 Å². The second-order valence-corrected chi connectivity index (χ2v) is 5.18. The van der Waals surface area contributed by atoms with Crippen LogP contribution < -0.4 is 5.73 Å². The summed E-state index contributed by atoms with van der Waals surface area (Å²) in [5, 5.41) is 0. The van der Waals surface area contributed by atoms with E-state index in [2.05, 4.69) is 22.9 Å². The molecule has 0 aliphatic rings. The number of carbonyl (C=O) groups excluding carboxylic acids is 1. The van der Waals surface area contributed by atoms with E-state index in [1.165, 1.54) is 19.3 Å². The highest BCUT2D eigenvalue weighted by atomic mass is 79.9. The van der Waals surface area contributed by atoms with Gasteiger partial charge in [0.2, 0.25) is 0 Å². The Hall–Kier alpha value is -0.830. The van der Waals surface area contributed by atoms with Gasteiger partial charge < -0.3 is 5.73 Å². The van der Waals surface area contributed by atoms with Crippen LogP contribution >= 0.6 is 15.9 Å². The Morgan fingerprint density at radius 1 is 1.24 bits per heavy atom. The third kappa shape index (κ3) is 4.90. The molecular formula is C14H20BrNO. The third-order valence-electron chi connectivity index (χ3n) is 2.83. The van der Waals surface area contributed by atoms with E-state index in [-0.39, 0.29) is 5.78 Å². The lowest BCUT2D eigenvalue weighted by atomic mass is 10.0. The summed E-state index contributed by atoms with van der Waals surface area (Å²) in [7, 11) is 0. The molecule has 0 radical (unpaired) electrons. The third-order valence-corrected chi connectivity index (χ3v) is 3.52. The van der Waals surface area contributed by atoms with Gasteiger partial charge in [-0.05, 0) is 40.5 Å². The second-order valence-electron chi connectivity index (χ2n) is 4.32. The van der Waals surface area contributed by atoms with E-state index in [0.29, 0.717) is 12.1 Å². The number of nitrogens with two attached hydrogens (primary N) is 1. The van der Waals surface area contributed by atoms with Crippen LogP contribution in [0.25, 0.3) is 0 Å². The average Bonchev–Trinajstić information content (AvgIpc) is 2.32. The first-order valence-corrected chi connectivity index (χ1v) is 7.02. The van der Waals surface area contributed by atoms with Crippen LogP contribution in [0.3, 0.4) is 0 Å². The number of anilines is 1. The maximum Gasteiger partial charge on any atom is 0.162 e. The standard InChI is InChI=1S/C14H20BrNO/c1-2-3-4-5-6-7-14(17)11-8-9-13(16)12(15)10-11/h8-10H,2-7,16H2,1H3. The van der Waals surface area contributed by atoms with Crippen molar-refractivity contribution in [2.45, 2.75) is 45.4 Å². The van der Waals surface area contributed by atoms with Crippen molar-refractivity contribution in [2.75, 3.05) is 5.73 Å². The molecule has 2 nitrogen and oxygen atoms in total. The maximum atomic E-state index is 11.9. The molecule has 0 spiro atoms. The Bertz CT molecular complexity index is 376. The first-order chi connectivity index (χ1) is 8.15. The van der Waals surface area contributed by atoms with Gasteiger partial charge in [0.1, 0.15) is 0 Å². The molecule has 0 unspecified atom stereocenters. The number of ketones is 1. The molecule has 0 saturated heterocycles. The predicted octanol–water partition coefficient (Wildman–Crippen LogP) is 4.57. The zero-order valence-corrected chi connectivity index (χ0v) is 11.9. The van der Waals surface area contributed by atoms with Crippen molar-refractivity contribution < 1.29 is 4.79 Å². The first-order valence-electron chi connectivity index (χ1n) is 6.23. The van der Waals surface area contributed by atoms with Gasteiger partial charge >= 0.3 is 0 Å². The molecule has 0 saturated carbocycles. The van der Waals surface area contributed by atoms with Crippen LogP contribution in [0, 0.1) is 0 Å². The van der Waals surface area contributed by atoms with Crippen LogP contribution in [0.4, 0.5) is 5.69 Å². The van der Waals surface area contributed by atoms with Crippen LogP contribution in [-0.2, 0) is 0 Å². The van der Waals surface area contributed by atoms with E-state index in [0.717, 1.165) is 22.9 Å². The highest BCUT2D eigenvalue weighted by Gasteiger charge is 2.07. The largest absolute Gasteiger partial charge is 0.398 e. The minimum Gasteiger partial charge on any atom is -0.398 e. The van der Waals surface area contributed by atoms with Gasteiger partial charge in [0.15, 0.2) is 5.78 Å². The molecule has 17 heavy (non-hydrogen) atoms. The molecule has 0 amide bonds. The van der Waals surface area contributed by atoms with Gasteiger partial charge in [0, 0.05) is 22.1 Å². The number of benzene rings is 1. The minimum atomic E-state index is 0.210. The van der Waals surface area contributed by atoms with Crippen LogP contribution in [0.1, 0.15) is 55.8 Å². The van der Waals surface area contributed by atoms with Crippen LogP contribution in [0.15, 0.2) is 22.7 Å². The summed E-state index contributed by atoms with van der Waals surface area (Å²) in [6.07, 6.45) is 6.51. The Kier molecular flexibility index (Phi) is 6.27. The maximum absolute atomic E-state index is 11.9. The molecule has 1 aromatic carbocycles. The van der Waals surface area contributed by atoms with Crippen molar-refractivity contribution in [3.8, 4) is 0 Å². The van der Waals surface area contributed by atoms with E-state index >= 15 is 0 Å². The molecule has 1 rings (SSSR count). The number of carbonyl (C=O) groups is 1. The predicted molar refractivity (Wildman–Crippen MR) is 76.3 cm³/mol. The summed E-state index contributed by atoms with van der Waals surface area (Å²) >= 11 is 3.34.